The average Bonchev–Trinajstić information content (AvgIpc) is 2.46. The molecule has 0 saturated heterocycles. The lowest BCUT2D eigenvalue weighted by atomic mass is 10.1. The lowest BCUT2D eigenvalue weighted by molar-refractivity contribution is 0.172. The molecule has 1 rings (SSSR count). The molecule has 1 aromatic carbocycles. The molecule has 0 aromatic heterocycles. The van der Waals surface area contributed by atoms with Crippen molar-refractivity contribution in [1.29, 1.82) is 0 Å². The second kappa shape index (κ2) is 8.48. The summed E-state index contributed by atoms with van der Waals surface area (Å²) in [6, 6.07) is 6.38. The van der Waals surface area contributed by atoms with E-state index in [4.69, 9.17) is 0 Å². The molecule has 120 valence electrons. The maximum Gasteiger partial charge on any atom is 0.175 e. The number of sulfone groups is 1. The smallest absolute Gasteiger partial charge is 0.175 e. The number of aliphatic hydroxyl groups is 1. The zero-order valence-electron chi connectivity index (χ0n) is 13.0. The van der Waals surface area contributed by atoms with Gasteiger partial charge >= 0.3 is 0 Å². The van der Waals surface area contributed by atoms with Crippen molar-refractivity contribution in [2.45, 2.75) is 24.8 Å². The quantitative estimate of drug-likeness (QED) is 0.667. The number of hydrogen-bond acceptors (Lipinski definition) is 5. The van der Waals surface area contributed by atoms with Crippen LogP contribution in [0.3, 0.4) is 0 Å². The number of rotatable bonds is 9. The largest absolute Gasteiger partial charge is 0.387 e. The molecular weight excluding hydrogens is 288 g/mol. The van der Waals surface area contributed by atoms with Gasteiger partial charge in [-0.25, -0.2) is 8.42 Å². The Morgan fingerprint density at radius 2 is 1.76 bits per heavy atom. The Hall–Kier alpha value is -0.950. The Morgan fingerprint density at radius 3 is 2.24 bits per heavy atom. The zero-order valence-corrected chi connectivity index (χ0v) is 13.9. The van der Waals surface area contributed by atoms with Crippen LogP contribution >= 0.6 is 0 Å². The van der Waals surface area contributed by atoms with E-state index in [1.807, 2.05) is 0 Å². The molecule has 2 N–H and O–H groups in total. The standard InChI is InChI=1S/C15H26N2O3S/c1-4-17(5-2)11-10-16-12-15(18)13-6-8-14(9-7-13)21(3,19)20/h6-9,15-16,18H,4-5,10-12H2,1-3H3. The summed E-state index contributed by atoms with van der Waals surface area (Å²) in [7, 11) is -3.18. The normalized spacial score (nSPS) is 13.6. The summed E-state index contributed by atoms with van der Waals surface area (Å²) >= 11 is 0. The Labute approximate surface area is 127 Å². The van der Waals surface area contributed by atoms with E-state index in [9.17, 15) is 13.5 Å². The van der Waals surface area contributed by atoms with Crippen LogP contribution in [0.4, 0.5) is 0 Å². The van der Waals surface area contributed by atoms with Crippen LogP contribution in [0.1, 0.15) is 25.5 Å². The van der Waals surface area contributed by atoms with Crippen LogP contribution in [0.15, 0.2) is 29.2 Å². The van der Waals surface area contributed by atoms with Crippen LogP contribution in [0, 0.1) is 0 Å². The molecule has 0 aliphatic rings. The van der Waals surface area contributed by atoms with Crippen LogP contribution in [-0.2, 0) is 9.84 Å². The lowest BCUT2D eigenvalue weighted by Gasteiger charge is -2.19. The first kappa shape index (κ1) is 18.1. The number of nitrogens with zero attached hydrogens (tertiary/aromatic N) is 1. The van der Waals surface area contributed by atoms with Crippen molar-refractivity contribution in [2.24, 2.45) is 0 Å². The van der Waals surface area contributed by atoms with Gasteiger partial charge in [0.05, 0.1) is 11.0 Å². The van der Waals surface area contributed by atoms with Crippen molar-refractivity contribution < 1.29 is 13.5 Å². The molecule has 0 spiro atoms. The fourth-order valence-corrected chi connectivity index (χ4v) is 2.70. The fraction of sp³-hybridized carbons (Fsp3) is 0.600. The highest BCUT2D eigenvalue weighted by Gasteiger charge is 2.10. The Balaban J connectivity index is 2.44. The van der Waals surface area contributed by atoms with E-state index >= 15 is 0 Å². The molecule has 1 unspecified atom stereocenters. The average molecular weight is 314 g/mol. The topological polar surface area (TPSA) is 69.6 Å². The second-order valence-electron chi connectivity index (χ2n) is 5.09. The summed E-state index contributed by atoms with van der Waals surface area (Å²) < 4.78 is 22.7. The van der Waals surface area contributed by atoms with Gasteiger partial charge in [-0.2, -0.15) is 0 Å². The first-order chi connectivity index (χ1) is 9.88. The van der Waals surface area contributed by atoms with Crippen LogP contribution in [-0.4, -0.2) is 57.4 Å². The van der Waals surface area contributed by atoms with Gasteiger partial charge in [0, 0.05) is 25.9 Å². The first-order valence-corrected chi connectivity index (χ1v) is 9.18. The maximum absolute atomic E-state index is 11.4. The van der Waals surface area contributed by atoms with Crippen LogP contribution < -0.4 is 5.32 Å². The Morgan fingerprint density at radius 1 is 1.19 bits per heavy atom. The molecule has 5 nitrogen and oxygen atoms in total. The zero-order chi connectivity index (χ0) is 15.9. The Kier molecular flexibility index (Phi) is 7.31. The van der Waals surface area contributed by atoms with E-state index < -0.39 is 15.9 Å². The highest BCUT2D eigenvalue weighted by Crippen LogP contribution is 2.15. The molecule has 0 radical (unpaired) electrons. The first-order valence-electron chi connectivity index (χ1n) is 7.29. The molecule has 1 aromatic rings. The van der Waals surface area contributed by atoms with E-state index in [1.54, 1.807) is 12.1 Å². The minimum atomic E-state index is -3.18. The van der Waals surface area contributed by atoms with Crippen molar-refractivity contribution in [3.05, 3.63) is 29.8 Å². The number of nitrogens with one attached hydrogen (secondary N) is 1. The van der Waals surface area contributed by atoms with Gasteiger partial charge in [-0.3, -0.25) is 0 Å². The van der Waals surface area contributed by atoms with E-state index in [0.29, 0.717) is 6.54 Å². The highest BCUT2D eigenvalue weighted by atomic mass is 32.2. The number of likely N-dealkylation sites (N-methyl/N-ethyl adjacent to an activating group) is 1. The van der Waals surface area contributed by atoms with Gasteiger partial charge in [0.1, 0.15) is 0 Å². The van der Waals surface area contributed by atoms with Gasteiger partial charge in [0.2, 0.25) is 0 Å². The van der Waals surface area contributed by atoms with E-state index in [0.717, 1.165) is 31.7 Å². The summed E-state index contributed by atoms with van der Waals surface area (Å²) in [6.45, 7) is 8.52. The number of hydrogen-bond donors (Lipinski definition) is 2. The summed E-state index contributed by atoms with van der Waals surface area (Å²) in [5.41, 5.74) is 0.720. The minimum Gasteiger partial charge on any atom is -0.387 e. The molecule has 6 heteroatoms. The van der Waals surface area contributed by atoms with Gasteiger partial charge in [-0.1, -0.05) is 26.0 Å². The van der Waals surface area contributed by atoms with Gasteiger partial charge in [0.25, 0.3) is 0 Å². The molecule has 0 bridgehead atoms. The minimum absolute atomic E-state index is 0.271. The molecule has 0 heterocycles. The lowest BCUT2D eigenvalue weighted by Crippen LogP contribution is -2.33. The van der Waals surface area contributed by atoms with Crippen LogP contribution in [0.5, 0.6) is 0 Å². The third-order valence-electron chi connectivity index (χ3n) is 3.53. The second-order valence-corrected chi connectivity index (χ2v) is 7.10. The fourth-order valence-electron chi connectivity index (χ4n) is 2.07. The summed E-state index contributed by atoms with van der Waals surface area (Å²) in [5, 5.41) is 13.3. The number of aliphatic hydroxyl groups excluding tert-OH is 1. The van der Waals surface area contributed by atoms with Gasteiger partial charge < -0.3 is 15.3 Å². The van der Waals surface area contributed by atoms with Crippen molar-refractivity contribution in [2.75, 3.05) is 39.0 Å². The molecular formula is C15H26N2O3S. The molecule has 1 atom stereocenters. The molecule has 0 amide bonds. The third-order valence-corrected chi connectivity index (χ3v) is 4.66. The summed E-state index contributed by atoms with van der Waals surface area (Å²) in [4.78, 5) is 2.58. The molecule has 0 aliphatic heterocycles. The maximum atomic E-state index is 11.4. The van der Waals surface area contributed by atoms with Crippen LogP contribution in [0.25, 0.3) is 0 Å². The monoisotopic (exact) mass is 314 g/mol. The van der Waals surface area contributed by atoms with Crippen molar-refractivity contribution in [3.8, 4) is 0 Å². The predicted octanol–water partition coefficient (Wildman–Crippen LogP) is 1.05. The van der Waals surface area contributed by atoms with Crippen molar-refractivity contribution in [1.82, 2.24) is 10.2 Å². The van der Waals surface area contributed by atoms with Crippen molar-refractivity contribution in [3.63, 3.8) is 0 Å². The highest BCUT2D eigenvalue weighted by molar-refractivity contribution is 7.90. The Bertz CT molecular complexity index is 510. The summed E-state index contributed by atoms with van der Waals surface area (Å²) in [5.74, 6) is 0. The van der Waals surface area contributed by atoms with E-state index in [2.05, 4.69) is 24.1 Å². The van der Waals surface area contributed by atoms with Gasteiger partial charge in [-0.05, 0) is 30.8 Å². The van der Waals surface area contributed by atoms with Gasteiger partial charge in [-0.15, -0.1) is 0 Å². The van der Waals surface area contributed by atoms with Crippen molar-refractivity contribution >= 4 is 9.84 Å². The van der Waals surface area contributed by atoms with E-state index in [-0.39, 0.29) is 4.90 Å². The number of benzene rings is 1. The predicted molar refractivity (Wildman–Crippen MR) is 85.2 cm³/mol. The molecule has 0 saturated carbocycles. The van der Waals surface area contributed by atoms with Gasteiger partial charge in [0.15, 0.2) is 9.84 Å². The molecule has 21 heavy (non-hydrogen) atoms. The van der Waals surface area contributed by atoms with E-state index in [1.165, 1.54) is 18.4 Å². The van der Waals surface area contributed by atoms with Crippen LogP contribution in [0.2, 0.25) is 0 Å². The SMILES string of the molecule is CCN(CC)CCNCC(O)c1ccc(S(C)(=O)=O)cc1. The third kappa shape index (κ3) is 6.13. The molecule has 0 aliphatic carbocycles. The summed E-state index contributed by atoms with van der Waals surface area (Å²) in [6.07, 6.45) is 0.544. The molecule has 0 fully saturated rings.